The molecule has 0 N–H and O–H groups in total. The van der Waals surface area contributed by atoms with Crippen molar-refractivity contribution in [1.29, 1.82) is 0 Å². The molecular formula is C16H13ClN2O4. The monoisotopic (exact) mass is 332 g/mol. The predicted octanol–water partition coefficient (Wildman–Crippen LogP) is 4.01. The topological polar surface area (TPSA) is 64.8 Å². The van der Waals surface area contributed by atoms with E-state index in [2.05, 4.69) is 4.98 Å². The second-order valence-corrected chi connectivity index (χ2v) is 5.03. The van der Waals surface area contributed by atoms with Crippen LogP contribution in [0.15, 0.2) is 52.9 Å². The molecule has 0 unspecified atom stereocenters. The highest BCUT2D eigenvalue weighted by Crippen LogP contribution is 2.24. The number of nitrogens with zero attached hydrogens (tertiary/aromatic N) is 2. The van der Waals surface area contributed by atoms with Crippen LogP contribution < -0.4 is 9.68 Å². The van der Waals surface area contributed by atoms with Crippen molar-refractivity contribution < 1.29 is 18.9 Å². The van der Waals surface area contributed by atoms with Crippen molar-refractivity contribution in [3.05, 3.63) is 53.6 Å². The number of carbonyl (C=O) groups is 1. The lowest BCUT2D eigenvalue weighted by atomic mass is 10.3. The highest BCUT2D eigenvalue weighted by Gasteiger charge is 2.20. The number of carbonyl (C=O) groups excluding carboxylic acids is 1. The zero-order chi connectivity index (χ0) is 16.2. The first-order chi connectivity index (χ1) is 11.2. The minimum absolute atomic E-state index is 0.111. The Morgan fingerprint density at radius 3 is 2.74 bits per heavy atom. The molecule has 3 rings (SSSR count). The van der Waals surface area contributed by atoms with Gasteiger partial charge in [-0.3, -0.25) is 9.63 Å². The van der Waals surface area contributed by atoms with Crippen LogP contribution in [0.5, 0.6) is 11.8 Å². The summed E-state index contributed by atoms with van der Waals surface area (Å²) in [5.74, 6) is 0.0718. The Balaban J connectivity index is 1.83. The van der Waals surface area contributed by atoms with E-state index in [0.29, 0.717) is 21.9 Å². The van der Waals surface area contributed by atoms with E-state index in [1.54, 1.807) is 49.4 Å². The van der Waals surface area contributed by atoms with Crippen LogP contribution in [-0.4, -0.2) is 16.1 Å². The van der Waals surface area contributed by atoms with Gasteiger partial charge in [0, 0.05) is 22.7 Å². The summed E-state index contributed by atoms with van der Waals surface area (Å²) < 4.78 is 5.42. The van der Waals surface area contributed by atoms with Crippen LogP contribution in [0.3, 0.4) is 0 Å². The van der Waals surface area contributed by atoms with Crippen molar-refractivity contribution in [2.75, 3.05) is 0 Å². The maximum absolute atomic E-state index is 12.0. The molecule has 0 radical (unpaired) electrons. The van der Waals surface area contributed by atoms with Gasteiger partial charge in [-0.05, 0) is 24.3 Å². The highest BCUT2D eigenvalue weighted by atomic mass is 35.5. The Morgan fingerprint density at radius 1 is 1.22 bits per heavy atom. The lowest BCUT2D eigenvalue weighted by Gasteiger charge is -2.18. The highest BCUT2D eigenvalue weighted by molar-refractivity contribution is 6.31. The second-order valence-electron chi connectivity index (χ2n) is 4.59. The molecule has 0 aliphatic heterocycles. The lowest BCUT2D eigenvalue weighted by molar-refractivity contribution is -0.253. The Kier molecular flexibility index (Phi) is 4.34. The lowest BCUT2D eigenvalue weighted by Crippen LogP contribution is -2.36. The van der Waals surface area contributed by atoms with Crippen LogP contribution >= 0.6 is 11.6 Å². The molecule has 3 aromatic rings. The number of hydrogen-bond donors (Lipinski definition) is 0. The van der Waals surface area contributed by atoms with E-state index in [0.717, 1.165) is 5.23 Å². The van der Waals surface area contributed by atoms with Crippen molar-refractivity contribution in [2.24, 2.45) is 0 Å². The SMILES string of the molecule is CCC(=O)N(Oc1ccccc1)Oc1nc2ccc(Cl)cc2o1. The molecule has 118 valence electrons. The normalized spacial score (nSPS) is 10.5. The standard InChI is InChI=1S/C16H13ClN2O4/c1-2-15(20)19(22-12-6-4-3-5-7-12)23-16-18-13-9-8-11(17)10-14(13)21-16/h3-10H,2H2,1H3. The number of hydroxylamine groups is 2. The molecular weight excluding hydrogens is 320 g/mol. The third-order valence-corrected chi connectivity index (χ3v) is 3.16. The summed E-state index contributed by atoms with van der Waals surface area (Å²) in [6, 6.07) is 13.8. The van der Waals surface area contributed by atoms with E-state index in [-0.39, 0.29) is 18.4 Å². The fraction of sp³-hybridized carbons (Fsp3) is 0.125. The van der Waals surface area contributed by atoms with Crippen LogP contribution in [-0.2, 0) is 4.79 Å². The summed E-state index contributed by atoms with van der Waals surface area (Å²) in [6.45, 7) is 1.69. The smallest absolute Gasteiger partial charge is 0.407 e. The van der Waals surface area contributed by atoms with E-state index in [1.807, 2.05) is 6.07 Å². The Hall–Kier alpha value is -2.73. The van der Waals surface area contributed by atoms with Crippen molar-refractivity contribution in [3.8, 4) is 11.8 Å². The van der Waals surface area contributed by atoms with E-state index < -0.39 is 0 Å². The van der Waals surface area contributed by atoms with Crippen LogP contribution in [0, 0.1) is 0 Å². The molecule has 1 heterocycles. The molecule has 7 heteroatoms. The number of amides is 1. The molecule has 0 saturated carbocycles. The van der Waals surface area contributed by atoms with Crippen molar-refractivity contribution in [1.82, 2.24) is 10.2 Å². The number of para-hydroxylation sites is 1. The van der Waals surface area contributed by atoms with Gasteiger partial charge in [0.15, 0.2) is 11.3 Å². The molecule has 0 bridgehead atoms. The minimum Gasteiger partial charge on any atom is -0.407 e. The number of benzene rings is 2. The quantitative estimate of drug-likeness (QED) is 0.660. The molecule has 6 nitrogen and oxygen atoms in total. The van der Waals surface area contributed by atoms with Crippen molar-refractivity contribution in [3.63, 3.8) is 0 Å². The number of halogens is 1. The number of oxazole rings is 1. The summed E-state index contributed by atoms with van der Waals surface area (Å²) in [5.41, 5.74) is 1.02. The van der Waals surface area contributed by atoms with Crippen LogP contribution in [0.25, 0.3) is 11.1 Å². The van der Waals surface area contributed by atoms with E-state index in [4.69, 9.17) is 25.7 Å². The van der Waals surface area contributed by atoms with Gasteiger partial charge in [-0.15, -0.1) is 0 Å². The summed E-state index contributed by atoms with van der Waals surface area (Å²) in [5, 5.41) is 1.27. The molecule has 2 aromatic carbocycles. The average molecular weight is 333 g/mol. The first-order valence-corrected chi connectivity index (χ1v) is 7.33. The fourth-order valence-corrected chi connectivity index (χ4v) is 1.98. The molecule has 0 aliphatic rings. The summed E-state index contributed by atoms with van der Waals surface area (Å²) in [7, 11) is 0. The van der Waals surface area contributed by atoms with E-state index in [9.17, 15) is 4.79 Å². The van der Waals surface area contributed by atoms with Gasteiger partial charge in [0.1, 0.15) is 5.52 Å². The van der Waals surface area contributed by atoms with Gasteiger partial charge in [-0.1, -0.05) is 36.7 Å². The molecule has 1 amide bonds. The predicted molar refractivity (Wildman–Crippen MR) is 83.9 cm³/mol. The molecule has 0 fully saturated rings. The zero-order valence-corrected chi connectivity index (χ0v) is 13.0. The summed E-state index contributed by atoms with van der Waals surface area (Å²) in [6.07, 6.45) is 0.0822. The van der Waals surface area contributed by atoms with E-state index in [1.165, 1.54) is 0 Å². The van der Waals surface area contributed by atoms with E-state index >= 15 is 0 Å². The van der Waals surface area contributed by atoms with Crippen LogP contribution in [0.4, 0.5) is 0 Å². The van der Waals surface area contributed by atoms with Gasteiger partial charge in [0.25, 0.3) is 5.91 Å². The van der Waals surface area contributed by atoms with Crippen LogP contribution in [0.1, 0.15) is 13.3 Å². The Morgan fingerprint density at radius 2 is 2.00 bits per heavy atom. The average Bonchev–Trinajstić information content (AvgIpc) is 2.96. The number of rotatable bonds is 5. The molecule has 1 aromatic heterocycles. The number of hydrogen-bond acceptors (Lipinski definition) is 5. The van der Waals surface area contributed by atoms with Crippen LogP contribution in [0.2, 0.25) is 5.02 Å². The molecule has 23 heavy (non-hydrogen) atoms. The summed E-state index contributed by atoms with van der Waals surface area (Å²) >= 11 is 5.90. The maximum Gasteiger partial charge on any atom is 0.423 e. The summed E-state index contributed by atoms with van der Waals surface area (Å²) in [4.78, 5) is 26.9. The maximum atomic E-state index is 12.0. The zero-order valence-electron chi connectivity index (χ0n) is 12.2. The van der Waals surface area contributed by atoms with Gasteiger partial charge in [-0.2, -0.15) is 4.98 Å². The molecule has 0 saturated heterocycles. The molecule has 0 spiro atoms. The van der Waals surface area contributed by atoms with Gasteiger partial charge >= 0.3 is 6.08 Å². The molecule has 0 aliphatic carbocycles. The molecule has 0 atom stereocenters. The minimum atomic E-state index is -0.380. The van der Waals surface area contributed by atoms with Gasteiger partial charge in [0.05, 0.1) is 0 Å². The first-order valence-electron chi connectivity index (χ1n) is 6.95. The first kappa shape index (κ1) is 15.2. The Bertz CT molecular complexity index is 819. The number of fused-ring (bicyclic) bond motifs is 1. The largest absolute Gasteiger partial charge is 0.423 e. The number of aromatic nitrogens is 1. The van der Waals surface area contributed by atoms with Crippen molar-refractivity contribution >= 4 is 28.6 Å². The van der Waals surface area contributed by atoms with Crippen molar-refractivity contribution in [2.45, 2.75) is 13.3 Å². The van der Waals surface area contributed by atoms with Gasteiger partial charge in [0.2, 0.25) is 0 Å². The van der Waals surface area contributed by atoms with Gasteiger partial charge in [-0.25, -0.2) is 0 Å². The Labute approximate surface area is 137 Å². The fourth-order valence-electron chi connectivity index (χ4n) is 1.81. The van der Waals surface area contributed by atoms with Gasteiger partial charge < -0.3 is 9.25 Å². The second kappa shape index (κ2) is 6.58. The third kappa shape index (κ3) is 3.54. The third-order valence-electron chi connectivity index (χ3n) is 2.93.